The van der Waals surface area contributed by atoms with Crippen LogP contribution in [0.3, 0.4) is 0 Å². The minimum atomic E-state index is 0.0784. The number of hydrogen-bond donors (Lipinski definition) is 1. The van der Waals surface area contributed by atoms with Crippen molar-refractivity contribution in [2.75, 3.05) is 24.6 Å². The zero-order valence-corrected chi connectivity index (χ0v) is 12.0. The summed E-state index contributed by atoms with van der Waals surface area (Å²) >= 11 is 1.40. The number of nitrogens with two attached hydrogens (primary N) is 1. The van der Waals surface area contributed by atoms with Gasteiger partial charge in [0, 0.05) is 24.7 Å². The largest absolute Gasteiger partial charge is 0.341 e. The molecule has 5 heteroatoms. The lowest BCUT2D eigenvalue weighted by atomic mass is 10.2. The van der Waals surface area contributed by atoms with Gasteiger partial charge in [0.1, 0.15) is 0 Å². The minimum Gasteiger partial charge on any atom is -0.341 e. The Balaban J connectivity index is 1.40. The van der Waals surface area contributed by atoms with E-state index in [-0.39, 0.29) is 11.7 Å². The van der Waals surface area contributed by atoms with Gasteiger partial charge in [-0.05, 0) is 11.8 Å². The SMILES string of the molecule is NC1[C@H]2CN(C(=O)CSCC(=O)c3ccccc3)C[C@@H]12. The average molecular weight is 290 g/mol. The standard InChI is InChI=1S/C15H18N2O2S/c16-15-11-6-17(7-12(11)15)14(19)9-20-8-13(18)10-4-2-1-3-5-10/h1-5,11-12,15H,6-9,16H2/t11-,12+,15?. The molecule has 1 aromatic carbocycles. The molecule has 1 unspecified atom stereocenters. The fourth-order valence-corrected chi connectivity index (χ4v) is 3.62. The van der Waals surface area contributed by atoms with Gasteiger partial charge in [0.25, 0.3) is 0 Å². The van der Waals surface area contributed by atoms with Crippen molar-refractivity contribution in [3.05, 3.63) is 35.9 Å². The maximum atomic E-state index is 12.0. The zero-order valence-electron chi connectivity index (χ0n) is 11.2. The van der Waals surface area contributed by atoms with Crippen LogP contribution in [0, 0.1) is 11.8 Å². The summed E-state index contributed by atoms with van der Waals surface area (Å²) in [7, 11) is 0. The Labute approximate surface area is 122 Å². The summed E-state index contributed by atoms with van der Waals surface area (Å²) in [4.78, 5) is 25.8. The van der Waals surface area contributed by atoms with Crippen LogP contribution in [0.5, 0.6) is 0 Å². The topological polar surface area (TPSA) is 63.4 Å². The van der Waals surface area contributed by atoms with Gasteiger partial charge in [-0.1, -0.05) is 30.3 Å². The molecule has 2 N–H and O–H groups in total. The van der Waals surface area contributed by atoms with Crippen LogP contribution in [0.25, 0.3) is 0 Å². The van der Waals surface area contributed by atoms with Gasteiger partial charge in [0.2, 0.25) is 5.91 Å². The van der Waals surface area contributed by atoms with Gasteiger partial charge in [0.15, 0.2) is 5.78 Å². The number of Topliss-reactive ketones (excluding diaryl/α,β-unsaturated/α-hetero) is 1. The number of amides is 1. The van der Waals surface area contributed by atoms with Gasteiger partial charge in [-0.25, -0.2) is 0 Å². The summed E-state index contributed by atoms with van der Waals surface area (Å²) in [5, 5.41) is 0. The molecule has 3 rings (SSSR count). The fourth-order valence-electron chi connectivity index (χ4n) is 2.81. The Morgan fingerprint density at radius 1 is 1.15 bits per heavy atom. The molecular weight excluding hydrogens is 272 g/mol. The second-order valence-corrected chi connectivity index (χ2v) is 6.47. The summed E-state index contributed by atoms with van der Waals surface area (Å²) < 4.78 is 0. The van der Waals surface area contributed by atoms with Crippen molar-refractivity contribution in [3.8, 4) is 0 Å². The fraction of sp³-hybridized carbons (Fsp3) is 0.467. The monoisotopic (exact) mass is 290 g/mol. The molecule has 1 saturated heterocycles. The lowest BCUT2D eigenvalue weighted by molar-refractivity contribution is -0.127. The third-order valence-electron chi connectivity index (χ3n) is 4.17. The minimum absolute atomic E-state index is 0.0784. The first-order valence-electron chi connectivity index (χ1n) is 6.86. The quantitative estimate of drug-likeness (QED) is 0.822. The second kappa shape index (κ2) is 5.58. The van der Waals surface area contributed by atoms with Crippen LogP contribution in [-0.2, 0) is 4.79 Å². The predicted molar refractivity (Wildman–Crippen MR) is 79.6 cm³/mol. The van der Waals surface area contributed by atoms with E-state index in [1.165, 1.54) is 11.8 Å². The van der Waals surface area contributed by atoms with Crippen molar-refractivity contribution in [1.29, 1.82) is 0 Å². The number of nitrogens with zero attached hydrogens (tertiary/aromatic N) is 1. The first kappa shape index (κ1) is 13.6. The lowest BCUT2D eigenvalue weighted by Crippen LogP contribution is -2.35. The third-order valence-corrected chi connectivity index (χ3v) is 5.08. The van der Waals surface area contributed by atoms with Crippen LogP contribution in [-0.4, -0.2) is 47.2 Å². The highest BCUT2D eigenvalue weighted by atomic mass is 32.2. The maximum Gasteiger partial charge on any atom is 0.232 e. The Morgan fingerprint density at radius 3 is 2.45 bits per heavy atom. The number of hydrogen-bond acceptors (Lipinski definition) is 4. The summed E-state index contributed by atoms with van der Waals surface area (Å²) in [6.07, 6.45) is 0. The molecule has 0 spiro atoms. The van der Waals surface area contributed by atoms with E-state index in [4.69, 9.17) is 5.73 Å². The number of fused-ring (bicyclic) bond motifs is 1. The Bertz CT molecular complexity index is 508. The molecule has 2 fully saturated rings. The highest BCUT2D eigenvalue weighted by molar-refractivity contribution is 8.00. The van der Waals surface area contributed by atoms with Crippen LogP contribution in [0.4, 0.5) is 0 Å². The van der Waals surface area contributed by atoms with Gasteiger partial charge >= 0.3 is 0 Å². The smallest absolute Gasteiger partial charge is 0.232 e. The van der Waals surface area contributed by atoms with Gasteiger partial charge in [-0.2, -0.15) is 0 Å². The maximum absolute atomic E-state index is 12.0. The van der Waals surface area contributed by atoms with E-state index < -0.39 is 0 Å². The van der Waals surface area contributed by atoms with Crippen LogP contribution < -0.4 is 5.73 Å². The summed E-state index contributed by atoms with van der Waals surface area (Å²) in [6, 6.07) is 9.51. The number of carbonyl (C=O) groups excluding carboxylic acids is 2. The number of benzene rings is 1. The van der Waals surface area contributed by atoms with Crippen LogP contribution >= 0.6 is 11.8 Å². The lowest BCUT2D eigenvalue weighted by Gasteiger charge is -2.18. The highest BCUT2D eigenvalue weighted by Crippen LogP contribution is 2.43. The van der Waals surface area contributed by atoms with Crippen molar-refractivity contribution in [2.45, 2.75) is 6.04 Å². The molecule has 1 aromatic rings. The number of thioether (sulfide) groups is 1. The Kier molecular flexibility index (Phi) is 3.81. The van der Waals surface area contributed by atoms with Crippen LogP contribution in [0.1, 0.15) is 10.4 Å². The predicted octanol–water partition coefficient (Wildman–Crippen LogP) is 1.02. The third kappa shape index (κ3) is 2.74. The molecular formula is C15H18N2O2S. The molecule has 2 aliphatic rings. The molecule has 0 bridgehead atoms. The van der Waals surface area contributed by atoms with Gasteiger partial charge < -0.3 is 10.6 Å². The second-order valence-electron chi connectivity index (χ2n) is 5.49. The van der Waals surface area contributed by atoms with Crippen LogP contribution in [0.2, 0.25) is 0 Å². The van der Waals surface area contributed by atoms with Crippen molar-refractivity contribution < 1.29 is 9.59 Å². The van der Waals surface area contributed by atoms with Crippen molar-refractivity contribution in [1.82, 2.24) is 4.90 Å². The van der Waals surface area contributed by atoms with Gasteiger partial charge in [-0.15, -0.1) is 11.8 Å². The van der Waals surface area contributed by atoms with E-state index in [2.05, 4.69) is 0 Å². The molecule has 0 radical (unpaired) electrons. The van der Waals surface area contributed by atoms with Crippen molar-refractivity contribution in [2.24, 2.45) is 17.6 Å². The van der Waals surface area contributed by atoms with Crippen LogP contribution in [0.15, 0.2) is 30.3 Å². The van der Waals surface area contributed by atoms with E-state index in [0.29, 0.717) is 34.9 Å². The first-order chi connectivity index (χ1) is 9.66. The van der Waals surface area contributed by atoms with E-state index in [9.17, 15) is 9.59 Å². The zero-order chi connectivity index (χ0) is 14.1. The first-order valence-corrected chi connectivity index (χ1v) is 8.01. The molecule has 1 saturated carbocycles. The number of carbonyl (C=O) groups is 2. The molecule has 3 atom stereocenters. The molecule has 106 valence electrons. The highest BCUT2D eigenvalue weighted by Gasteiger charge is 2.54. The Hall–Kier alpha value is -1.33. The van der Waals surface area contributed by atoms with E-state index in [0.717, 1.165) is 13.1 Å². The summed E-state index contributed by atoms with van der Waals surface area (Å²) in [5.41, 5.74) is 6.56. The molecule has 4 nitrogen and oxygen atoms in total. The molecule has 1 aliphatic carbocycles. The van der Waals surface area contributed by atoms with E-state index >= 15 is 0 Å². The molecule has 1 amide bonds. The van der Waals surface area contributed by atoms with Gasteiger partial charge in [-0.3, -0.25) is 9.59 Å². The Morgan fingerprint density at radius 2 is 1.80 bits per heavy atom. The van der Waals surface area contributed by atoms with Gasteiger partial charge in [0.05, 0.1) is 11.5 Å². The number of ketones is 1. The summed E-state index contributed by atoms with van der Waals surface area (Å²) in [6.45, 7) is 1.61. The van der Waals surface area contributed by atoms with E-state index in [1.807, 2.05) is 23.1 Å². The van der Waals surface area contributed by atoms with E-state index in [1.54, 1.807) is 12.1 Å². The number of likely N-dealkylation sites (tertiary alicyclic amines) is 1. The number of rotatable bonds is 5. The molecule has 1 heterocycles. The summed E-state index contributed by atoms with van der Waals surface area (Å²) in [5.74, 6) is 2.00. The van der Waals surface area contributed by atoms with Crippen molar-refractivity contribution >= 4 is 23.5 Å². The average Bonchev–Trinajstić information content (AvgIpc) is 2.91. The molecule has 20 heavy (non-hydrogen) atoms. The molecule has 0 aromatic heterocycles. The van der Waals surface area contributed by atoms with Crippen molar-refractivity contribution in [3.63, 3.8) is 0 Å². The normalized spacial score (nSPS) is 27.2. The number of piperidine rings is 1. The molecule has 1 aliphatic heterocycles.